The molecule has 0 saturated carbocycles. The third-order valence-corrected chi connectivity index (χ3v) is 4.49. The molecule has 0 saturated heterocycles. The first kappa shape index (κ1) is 18.7. The van der Waals surface area contributed by atoms with Crippen LogP contribution in [0.25, 0.3) is 22.3 Å². The summed E-state index contributed by atoms with van der Waals surface area (Å²) in [5.41, 5.74) is 9.11. The van der Waals surface area contributed by atoms with Crippen molar-refractivity contribution >= 4 is 0 Å². The van der Waals surface area contributed by atoms with Crippen LogP contribution in [-0.2, 0) is 0 Å². The first-order valence-corrected chi connectivity index (χ1v) is 9.37. The molecule has 0 spiro atoms. The van der Waals surface area contributed by atoms with Crippen molar-refractivity contribution in [2.24, 2.45) is 0 Å². The highest BCUT2D eigenvalue weighted by atomic mass is 14.0. The van der Waals surface area contributed by atoms with Crippen LogP contribution >= 0.6 is 0 Å². The summed E-state index contributed by atoms with van der Waals surface area (Å²) >= 11 is 0. The minimum absolute atomic E-state index is 1.28. The molecule has 0 nitrogen and oxygen atoms in total. The fourth-order valence-corrected chi connectivity index (χ4v) is 3.15. The molecule has 4 aromatic carbocycles. The Hall–Kier alpha value is -3.12. The Balaban J connectivity index is 0.000000156. The summed E-state index contributed by atoms with van der Waals surface area (Å²) in [5, 5.41) is 0. The lowest BCUT2D eigenvalue weighted by Crippen LogP contribution is -1.81. The largest absolute Gasteiger partial charge is 0.0622 e. The van der Waals surface area contributed by atoms with Gasteiger partial charge in [0.1, 0.15) is 0 Å². The molecule has 0 heterocycles. The van der Waals surface area contributed by atoms with Gasteiger partial charge in [-0.25, -0.2) is 0 Å². The zero-order chi connectivity index (χ0) is 19.1. The van der Waals surface area contributed by atoms with Crippen molar-refractivity contribution < 1.29 is 0 Å². The molecule has 0 radical (unpaired) electrons. The molecular formula is C27H26. The second-order valence-corrected chi connectivity index (χ2v) is 6.97. The zero-order valence-electron chi connectivity index (χ0n) is 16.3. The molecule has 27 heavy (non-hydrogen) atoms. The third kappa shape index (κ3) is 5.43. The highest BCUT2D eigenvalue weighted by Crippen LogP contribution is 2.21. The lowest BCUT2D eigenvalue weighted by molar-refractivity contribution is 1.38. The maximum Gasteiger partial charge on any atom is -0.0179 e. The molecule has 0 aromatic heterocycles. The Morgan fingerprint density at radius 2 is 0.741 bits per heavy atom. The van der Waals surface area contributed by atoms with Gasteiger partial charge in [-0.1, -0.05) is 120 Å². The van der Waals surface area contributed by atoms with Gasteiger partial charge >= 0.3 is 0 Å². The number of benzene rings is 4. The van der Waals surface area contributed by atoms with Crippen molar-refractivity contribution in [3.8, 4) is 22.3 Å². The van der Waals surface area contributed by atoms with E-state index in [1.54, 1.807) is 0 Å². The van der Waals surface area contributed by atoms with Crippen molar-refractivity contribution in [3.05, 3.63) is 120 Å². The Bertz CT molecular complexity index is 945. The lowest BCUT2D eigenvalue weighted by atomic mass is 10.0. The predicted molar refractivity (Wildman–Crippen MR) is 118 cm³/mol. The number of rotatable bonds is 2. The quantitative estimate of drug-likeness (QED) is 0.348. The molecule has 0 fully saturated rings. The fourth-order valence-electron chi connectivity index (χ4n) is 3.15. The first-order valence-electron chi connectivity index (χ1n) is 9.37. The average molecular weight is 351 g/mol. The van der Waals surface area contributed by atoms with Crippen LogP contribution in [0.3, 0.4) is 0 Å². The molecule has 0 aliphatic heterocycles. The molecule has 0 aliphatic rings. The van der Waals surface area contributed by atoms with Crippen molar-refractivity contribution in [2.75, 3.05) is 0 Å². The topological polar surface area (TPSA) is 0 Å². The van der Waals surface area contributed by atoms with Crippen LogP contribution in [0.5, 0.6) is 0 Å². The predicted octanol–water partition coefficient (Wildman–Crippen LogP) is 7.63. The molecule has 0 heteroatoms. The van der Waals surface area contributed by atoms with Gasteiger partial charge in [0.2, 0.25) is 0 Å². The maximum atomic E-state index is 2.22. The zero-order valence-corrected chi connectivity index (χ0v) is 16.3. The average Bonchev–Trinajstić information content (AvgIpc) is 2.70. The van der Waals surface area contributed by atoms with E-state index < -0.39 is 0 Å². The van der Waals surface area contributed by atoms with Crippen molar-refractivity contribution in [1.29, 1.82) is 0 Å². The minimum Gasteiger partial charge on any atom is -0.0622 e. The van der Waals surface area contributed by atoms with Crippen molar-refractivity contribution in [2.45, 2.75) is 20.8 Å². The van der Waals surface area contributed by atoms with Gasteiger partial charge in [0.15, 0.2) is 0 Å². The maximum absolute atomic E-state index is 2.22. The highest BCUT2D eigenvalue weighted by Gasteiger charge is 1.97. The van der Waals surface area contributed by atoms with Gasteiger partial charge < -0.3 is 0 Å². The van der Waals surface area contributed by atoms with Crippen LogP contribution in [0, 0.1) is 20.8 Å². The smallest absolute Gasteiger partial charge is 0.0179 e. The normalized spacial score (nSPS) is 10.0. The Morgan fingerprint density at radius 1 is 0.333 bits per heavy atom. The molecule has 0 N–H and O–H groups in total. The second-order valence-electron chi connectivity index (χ2n) is 6.97. The molecule has 0 amide bonds. The van der Waals surface area contributed by atoms with E-state index in [0.717, 1.165) is 0 Å². The van der Waals surface area contributed by atoms with Gasteiger partial charge in [0.05, 0.1) is 0 Å². The standard InChI is InChI=1S/C14H14.C13H12/c1-11-8-12(2)10-14(9-11)13-6-4-3-5-7-13;1-11-7-9-13(10-8-11)12-5-3-2-4-6-12/h3-10H,1-2H3;2-10H,1H3. The summed E-state index contributed by atoms with van der Waals surface area (Å²) in [6.07, 6.45) is 0. The van der Waals surface area contributed by atoms with Crippen LogP contribution < -0.4 is 0 Å². The van der Waals surface area contributed by atoms with Crippen LogP contribution in [0.4, 0.5) is 0 Å². The summed E-state index contributed by atoms with van der Waals surface area (Å²) in [6.45, 7) is 6.38. The Kier molecular flexibility index (Phi) is 6.22. The number of hydrogen-bond acceptors (Lipinski definition) is 0. The summed E-state index contributed by atoms with van der Waals surface area (Å²) in [7, 11) is 0. The van der Waals surface area contributed by atoms with E-state index in [4.69, 9.17) is 0 Å². The molecular weight excluding hydrogens is 324 g/mol. The van der Waals surface area contributed by atoms with Crippen LogP contribution in [-0.4, -0.2) is 0 Å². The second kappa shape index (κ2) is 9.00. The Morgan fingerprint density at radius 3 is 1.22 bits per heavy atom. The summed E-state index contributed by atoms with van der Waals surface area (Å²) in [6, 6.07) is 36.2. The SMILES string of the molecule is Cc1cc(C)cc(-c2ccccc2)c1.Cc1ccc(-c2ccccc2)cc1. The lowest BCUT2D eigenvalue weighted by Gasteiger charge is -2.04. The van der Waals surface area contributed by atoms with Crippen LogP contribution in [0.2, 0.25) is 0 Å². The number of aryl methyl sites for hydroxylation is 3. The molecule has 0 unspecified atom stereocenters. The molecule has 0 bridgehead atoms. The van der Waals surface area contributed by atoms with Gasteiger partial charge in [-0.3, -0.25) is 0 Å². The summed E-state index contributed by atoms with van der Waals surface area (Å²) in [4.78, 5) is 0. The number of hydrogen-bond donors (Lipinski definition) is 0. The van der Waals surface area contributed by atoms with Gasteiger partial charge in [0, 0.05) is 0 Å². The van der Waals surface area contributed by atoms with E-state index in [1.165, 1.54) is 38.9 Å². The minimum atomic E-state index is 1.28. The monoisotopic (exact) mass is 350 g/mol. The molecule has 4 rings (SSSR count). The Labute approximate surface area is 163 Å². The summed E-state index contributed by atoms with van der Waals surface area (Å²) < 4.78 is 0. The highest BCUT2D eigenvalue weighted by molar-refractivity contribution is 5.65. The van der Waals surface area contributed by atoms with Gasteiger partial charge in [-0.2, -0.15) is 0 Å². The van der Waals surface area contributed by atoms with Gasteiger partial charge in [-0.15, -0.1) is 0 Å². The van der Waals surface area contributed by atoms with E-state index in [2.05, 4.69) is 112 Å². The molecule has 0 atom stereocenters. The molecule has 0 aliphatic carbocycles. The van der Waals surface area contributed by atoms with Gasteiger partial charge in [-0.05, 0) is 43.0 Å². The van der Waals surface area contributed by atoms with Crippen molar-refractivity contribution in [1.82, 2.24) is 0 Å². The third-order valence-electron chi connectivity index (χ3n) is 4.49. The van der Waals surface area contributed by atoms with Crippen LogP contribution in [0.15, 0.2) is 103 Å². The summed E-state index contributed by atoms with van der Waals surface area (Å²) in [5.74, 6) is 0. The molecule has 134 valence electrons. The van der Waals surface area contributed by atoms with E-state index in [-0.39, 0.29) is 0 Å². The van der Waals surface area contributed by atoms with Gasteiger partial charge in [0.25, 0.3) is 0 Å². The van der Waals surface area contributed by atoms with Crippen LogP contribution in [0.1, 0.15) is 16.7 Å². The molecule has 4 aromatic rings. The fraction of sp³-hybridized carbons (Fsp3) is 0.111. The van der Waals surface area contributed by atoms with E-state index >= 15 is 0 Å². The van der Waals surface area contributed by atoms with E-state index in [1.807, 2.05) is 12.1 Å². The van der Waals surface area contributed by atoms with E-state index in [9.17, 15) is 0 Å². The van der Waals surface area contributed by atoms with Crippen molar-refractivity contribution in [3.63, 3.8) is 0 Å². The first-order chi connectivity index (χ1) is 13.1. The van der Waals surface area contributed by atoms with E-state index in [0.29, 0.717) is 0 Å².